The van der Waals surface area contributed by atoms with E-state index in [1.807, 2.05) is 48.5 Å². The first kappa shape index (κ1) is 25.9. The van der Waals surface area contributed by atoms with Crippen molar-refractivity contribution < 1.29 is 18.0 Å². The fourth-order valence-electron chi connectivity index (χ4n) is 3.15. The fourth-order valence-corrected chi connectivity index (χ4v) is 5.48. The van der Waals surface area contributed by atoms with Crippen LogP contribution >= 0.6 is 0 Å². The minimum absolute atomic E-state index is 0.0204. The van der Waals surface area contributed by atoms with Crippen LogP contribution in [0.5, 0.6) is 0 Å². The summed E-state index contributed by atoms with van der Waals surface area (Å²) in [6.45, 7) is 2.06. The second kappa shape index (κ2) is 14.6. The number of carbonyl (C=O) groups is 2. The van der Waals surface area contributed by atoms with Crippen molar-refractivity contribution >= 4 is 33.8 Å². The number of nitrogens with one attached hydrogen (secondary N) is 1. The monoisotopic (exact) mass is 473 g/mol. The summed E-state index contributed by atoms with van der Waals surface area (Å²) in [5.41, 5.74) is 0.934. The van der Waals surface area contributed by atoms with Crippen molar-refractivity contribution in [2.45, 2.75) is 49.3 Å². The van der Waals surface area contributed by atoms with Gasteiger partial charge in [-0.1, -0.05) is 74.4 Å². The molecule has 32 heavy (non-hydrogen) atoms. The predicted octanol–water partition coefficient (Wildman–Crippen LogP) is 4.14. The van der Waals surface area contributed by atoms with Crippen molar-refractivity contribution in [2.75, 3.05) is 5.75 Å². The highest BCUT2D eigenvalue weighted by Gasteiger charge is 2.23. The number of hydrogen-bond acceptors (Lipinski definition) is 4. The number of hydrogen-bond donors (Lipinski definition) is 1. The highest BCUT2D eigenvalue weighted by atomic mass is 32.2. The quantitative estimate of drug-likeness (QED) is 0.418. The molecule has 0 heterocycles. The number of benzene rings is 2. The molecule has 2 aromatic carbocycles. The Hall–Kier alpha value is -2.38. The van der Waals surface area contributed by atoms with E-state index < -0.39 is 27.5 Å². The van der Waals surface area contributed by atoms with Crippen LogP contribution in [-0.4, -0.2) is 32.4 Å². The van der Waals surface area contributed by atoms with Gasteiger partial charge >= 0.3 is 0 Å². The normalized spacial score (nSPS) is 15.0. The van der Waals surface area contributed by atoms with Gasteiger partial charge in [-0.2, -0.15) is 0 Å². The third kappa shape index (κ3) is 9.40. The molecule has 0 spiro atoms. The SMILES string of the molecule is CCCC[C@@H](/C=C/S(=O)c1ccccc1)NC(=O)C(CC=O)CS(=O)Cc1ccccc1. The second-order valence-corrected chi connectivity index (χ2v) is 10.4. The fraction of sp³-hybridized carbons (Fsp3) is 0.360. The highest BCUT2D eigenvalue weighted by Crippen LogP contribution is 2.13. The van der Waals surface area contributed by atoms with Crippen molar-refractivity contribution in [3.8, 4) is 0 Å². The molecular formula is C25H31NO4S2. The van der Waals surface area contributed by atoms with E-state index in [4.69, 9.17) is 0 Å². The van der Waals surface area contributed by atoms with Crippen molar-refractivity contribution in [1.82, 2.24) is 5.32 Å². The summed E-state index contributed by atoms with van der Waals surface area (Å²) in [5.74, 6) is -0.484. The van der Waals surface area contributed by atoms with Gasteiger partial charge in [0, 0.05) is 45.1 Å². The molecule has 172 valence electrons. The van der Waals surface area contributed by atoms with Gasteiger partial charge in [0.1, 0.15) is 6.29 Å². The largest absolute Gasteiger partial charge is 0.350 e. The molecule has 7 heteroatoms. The van der Waals surface area contributed by atoms with Crippen LogP contribution in [0.1, 0.15) is 38.2 Å². The van der Waals surface area contributed by atoms with Gasteiger partial charge < -0.3 is 10.1 Å². The maximum Gasteiger partial charge on any atom is 0.224 e. The Labute approximate surface area is 195 Å². The zero-order valence-electron chi connectivity index (χ0n) is 18.4. The molecule has 0 radical (unpaired) electrons. The molecule has 1 amide bonds. The van der Waals surface area contributed by atoms with E-state index in [1.165, 1.54) is 0 Å². The van der Waals surface area contributed by atoms with Gasteiger partial charge in [0.25, 0.3) is 0 Å². The van der Waals surface area contributed by atoms with E-state index >= 15 is 0 Å². The minimum Gasteiger partial charge on any atom is -0.350 e. The van der Waals surface area contributed by atoms with E-state index in [2.05, 4.69) is 12.2 Å². The molecule has 2 aromatic rings. The molecule has 0 aliphatic carbocycles. The summed E-state index contributed by atoms with van der Waals surface area (Å²) in [7, 11) is -2.57. The lowest BCUT2D eigenvalue weighted by molar-refractivity contribution is -0.126. The Morgan fingerprint density at radius 2 is 1.69 bits per heavy atom. The molecule has 0 aliphatic heterocycles. The van der Waals surface area contributed by atoms with Crippen LogP contribution in [0.4, 0.5) is 0 Å². The molecule has 2 rings (SSSR count). The third-order valence-electron chi connectivity index (χ3n) is 4.92. The molecule has 0 fully saturated rings. The van der Waals surface area contributed by atoms with Gasteiger partial charge in [0.15, 0.2) is 0 Å². The van der Waals surface area contributed by atoms with Gasteiger partial charge in [0.05, 0.1) is 16.7 Å². The molecule has 0 aliphatic rings. The standard InChI is InChI=1S/C25H31NO4S2/c1-2-3-12-23(16-18-32(30)24-13-8-5-9-14-24)26-25(28)22(15-17-27)20-31(29)19-21-10-6-4-7-11-21/h4-11,13-14,16-18,22-23H,2-3,12,15,19-20H2,1H3,(H,26,28)/b18-16+/t22?,23-,31?,32?/m0/s1. The van der Waals surface area contributed by atoms with Crippen molar-refractivity contribution in [1.29, 1.82) is 0 Å². The Bertz CT molecular complexity index is 916. The van der Waals surface area contributed by atoms with E-state index in [1.54, 1.807) is 23.6 Å². The minimum atomic E-state index is -1.31. The van der Waals surface area contributed by atoms with Crippen LogP contribution in [-0.2, 0) is 36.9 Å². The first-order chi connectivity index (χ1) is 15.5. The van der Waals surface area contributed by atoms with E-state index in [-0.39, 0.29) is 24.1 Å². The second-order valence-electron chi connectivity index (χ2n) is 7.53. The number of amides is 1. The summed E-state index contributed by atoms with van der Waals surface area (Å²) in [6, 6.07) is 18.3. The molecular weight excluding hydrogens is 442 g/mol. The summed E-state index contributed by atoms with van der Waals surface area (Å²) in [5, 5.41) is 4.55. The summed E-state index contributed by atoms with van der Waals surface area (Å²) < 4.78 is 25.1. The van der Waals surface area contributed by atoms with Crippen LogP contribution in [0, 0.1) is 5.92 Å². The van der Waals surface area contributed by atoms with Crippen LogP contribution in [0.25, 0.3) is 0 Å². The molecule has 1 N–H and O–H groups in total. The zero-order valence-corrected chi connectivity index (χ0v) is 20.0. The van der Waals surface area contributed by atoms with Crippen LogP contribution in [0.3, 0.4) is 0 Å². The summed E-state index contributed by atoms with van der Waals surface area (Å²) in [6.07, 6.45) is 5.03. The lowest BCUT2D eigenvalue weighted by atomic mass is 10.1. The van der Waals surface area contributed by atoms with E-state index in [0.29, 0.717) is 23.4 Å². The zero-order chi connectivity index (χ0) is 23.2. The Balaban J connectivity index is 2.02. The predicted molar refractivity (Wildman–Crippen MR) is 131 cm³/mol. The topological polar surface area (TPSA) is 80.3 Å². The maximum absolute atomic E-state index is 12.9. The Kier molecular flexibility index (Phi) is 11.8. The Morgan fingerprint density at radius 1 is 1.03 bits per heavy atom. The third-order valence-corrected chi connectivity index (χ3v) is 7.49. The average molecular weight is 474 g/mol. The number of aldehydes is 1. The lowest BCUT2D eigenvalue weighted by Crippen LogP contribution is -2.40. The molecule has 0 saturated carbocycles. The van der Waals surface area contributed by atoms with Gasteiger partial charge in [-0.3, -0.25) is 9.00 Å². The number of unbranched alkanes of at least 4 members (excludes halogenated alkanes) is 1. The molecule has 4 atom stereocenters. The van der Waals surface area contributed by atoms with Crippen molar-refractivity contribution in [3.05, 3.63) is 77.7 Å². The average Bonchev–Trinajstić information content (AvgIpc) is 2.81. The van der Waals surface area contributed by atoms with Crippen LogP contribution in [0.2, 0.25) is 0 Å². The molecule has 0 aromatic heterocycles. The number of rotatable bonds is 14. The molecule has 0 saturated heterocycles. The van der Waals surface area contributed by atoms with Crippen LogP contribution in [0.15, 0.2) is 77.0 Å². The number of carbonyl (C=O) groups excluding carboxylic acids is 2. The van der Waals surface area contributed by atoms with Crippen molar-refractivity contribution in [3.63, 3.8) is 0 Å². The van der Waals surface area contributed by atoms with E-state index in [9.17, 15) is 18.0 Å². The lowest BCUT2D eigenvalue weighted by Gasteiger charge is -2.19. The van der Waals surface area contributed by atoms with E-state index in [0.717, 1.165) is 18.4 Å². The molecule has 0 bridgehead atoms. The maximum atomic E-state index is 12.9. The van der Waals surface area contributed by atoms with Gasteiger partial charge in [0.2, 0.25) is 5.91 Å². The van der Waals surface area contributed by atoms with Crippen LogP contribution < -0.4 is 5.32 Å². The Morgan fingerprint density at radius 3 is 2.31 bits per heavy atom. The van der Waals surface area contributed by atoms with Gasteiger partial charge in [-0.05, 0) is 24.1 Å². The van der Waals surface area contributed by atoms with Gasteiger partial charge in [-0.25, -0.2) is 4.21 Å². The molecule has 3 unspecified atom stereocenters. The summed E-state index contributed by atoms with van der Waals surface area (Å²) in [4.78, 5) is 24.7. The van der Waals surface area contributed by atoms with Gasteiger partial charge in [-0.15, -0.1) is 0 Å². The molecule has 5 nitrogen and oxygen atoms in total. The first-order valence-electron chi connectivity index (χ1n) is 10.8. The highest BCUT2D eigenvalue weighted by molar-refractivity contribution is 7.88. The first-order valence-corrected chi connectivity index (χ1v) is 13.5. The smallest absolute Gasteiger partial charge is 0.224 e. The van der Waals surface area contributed by atoms with Crippen molar-refractivity contribution in [2.24, 2.45) is 5.92 Å². The summed E-state index contributed by atoms with van der Waals surface area (Å²) >= 11 is 0.